The maximum Gasteiger partial charge on any atom is 0.185 e. The van der Waals surface area contributed by atoms with Gasteiger partial charge in [-0.1, -0.05) is 48.5 Å². The molecule has 1 fully saturated rings. The van der Waals surface area contributed by atoms with Gasteiger partial charge in [-0.25, -0.2) is 0 Å². The van der Waals surface area contributed by atoms with Crippen LogP contribution in [-0.4, -0.2) is 17.7 Å². The first kappa shape index (κ1) is 18.3. The van der Waals surface area contributed by atoms with Crippen LogP contribution in [0.25, 0.3) is 12.2 Å². The average Bonchev–Trinajstić information content (AvgIpc) is 2.66. The van der Waals surface area contributed by atoms with Crippen LogP contribution in [-0.2, 0) is 4.79 Å². The minimum atomic E-state index is -1.24. The number of carboxylic acid groups (broad SMARTS) is 2. The third kappa shape index (κ3) is 4.39. The van der Waals surface area contributed by atoms with E-state index in [4.69, 9.17) is 0 Å². The molecule has 0 radical (unpaired) electrons. The standard InChI is InChI=1S/C22H18O5/c23-20-18(12-14-4-8-16(9-5-14)21(24)25)2-1-3-19(20)13-15-6-10-17(11-7-15)22(26)27/h4-13H,1-3H2,(H,24,25)(H,26,27)/p-2/b18-12+,19-13+. The smallest absolute Gasteiger partial charge is 0.185 e. The Kier molecular flexibility index (Phi) is 5.31. The Bertz CT molecular complexity index is 870. The highest BCUT2D eigenvalue weighted by Crippen LogP contribution is 2.28. The van der Waals surface area contributed by atoms with Gasteiger partial charge in [0.05, 0.1) is 11.9 Å². The van der Waals surface area contributed by atoms with Gasteiger partial charge in [0.2, 0.25) is 0 Å². The van der Waals surface area contributed by atoms with Crippen molar-refractivity contribution in [2.24, 2.45) is 0 Å². The Hall–Kier alpha value is -3.47. The lowest BCUT2D eigenvalue weighted by molar-refractivity contribution is -0.256. The van der Waals surface area contributed by atoms with Gasteiger partial charge in [-0.15, -0.1) is 0 Å². The second-order valence-corrected chi connectivity index (χ2v) is 6.34. The topological polar surface area (TPSA) is 97.3 Å². The molecule has 2 aromatic rings. The Labute approximate surface area is 156 Å². The van der Waals surface area contributed by atoms with E-state index in [0.717, 1.165) is 17.5 Å². The summed E-state index contributed by atoms with van der Waals surface area (Å²) in [6.07, 6.45) is 5.68. The van der Waals surface area contributed by atoms with E-state index in [1.807, 2.05) is 0 Å². The largest absolute Gasteiger partial charge is 0.545 e. The van der Waals surface area contributed by atoms with Gasteiger partial charge >= 0.3 is 0 Å². The van der Waals surface area contributed by atoms with E-state index in [2.05, 4.69) is 0 Å². The second-order valence-electron chi connectivity index (χ2n) is 6.34. The number of allylic oxidation sites excluding steroid dienone is 2. The molecule has 0 saturated heterocycles. The lowest BCUT2D eigenvalue weighted by Gasteiger charge is -2.17. The average molecular weight is 360 g/mol. The lowest BCUT2D eigenvalue weighted by atomic mass is 9.86. The highest BCUT2D eigenvalue weighted by atomic mass is 16.4. The van der Waals surface area contributed by atoms with Gasteiger partial charge in [-0.05, 0) is 53.7 Å². The van der Waals surface area contributed by atoms with Crippen molar-refractivity contribution < 1.29 is 24.6 Å². The van der Waals surface area contributed by atoms with Crippen LogP contribution in [0.3, 0.4) is 0 Å². The van der Waals surface area contributed by atoms with Crippen LogP contribution in [0.15, 0.2) is 59.7 Å². The number of ketones is 1. The Morgan fingerprint density at radius 3 is 1.41 bits per heavy atom. The molecular formula is C22H16O5-2. The Balaban J connectivity index is 1.82. The fourth-order valence-corrected chi connectivity index (χ4v) is 3.01. The zero-order chi connectivity index (χ0) is 19.4. The van der Waals surface area contributed by atoms with E-state index in [1.54, 1.807) is 36.4 Å². The summed E-state index contributed by atoms with van der Waals surface area (Å²) in [5, 5.41) is 21.6. The summed E-state index contributed by atoms with van der Waals surface area (Å²) in [4.78, 5) is 34.3. The van der Waals surface area contributed by atoms with Crippen molar-refractivity contribution in [1.82, 2.24) is 0 Å². The van der Waals surface area contributed by atoms with Crippen molar-refractivity contribution in [1.29, 1.82) is 0 Å². The number of carboxylic acids is 2. The van der Waals surface area contributed by atoms with E-state index >= 15 is 0 Å². The van der Waals surface area contributed by atoms with Crippen LogP contribution in [0.1, 0.15) is 51.1 Å². The van der Waals surface area contributed by atoms with Crippen molar-refractivity contribution in [2.45, 2.75) is 19.3 Å². The summed E-state index contributed by atoms with van der Waals surface area (Å²) in [7, 11) is 0. The van der Waals surface area contributed by atoms with Crippen LogP contribution in [0.5, 0.6) is 0 Å². The van der Waals surface area contributed by atoms with E-state index in [-0.39, 0.29) is 16.9 Å². The monoisotopic (exact) mass is 360 g/mol. The van der Waals surface area contributed by atoms with Crippen LogP contribution >= 0.6 is 0 Å². The molecule has 1 saturated carbocycles. The van der Waals surface area contributed by atoms with Crippen molar-refractivity contribution >= 4 is 29.9 Å². The van der Waals surface area contributed by atoms with Gasteiger partial charge in [-0.3, -0.25) is 4.79 Å². The predicted octanol–water partition coefficient (Wildman–Crippen LogP) is 1.63. The lowest BCUT2D eigenvalue weighted by Crippen LogP contribution is -2.21. The summed E-state index contributed by atoms with van der Waals surface area (Å²) in [5.74, 6) is -2.52. The summed E-state index contributed by atoms with van der Waals surface area (Å²) in [5.41, 5.74) is 3.02. The van der Waals surface area contributed by atoms with Gasteiger partial charge in [0.1, 0.15) is 0 Å². The van der Waals surface area contributed by atoms with Crippen molar-refractivity contribution in [2.75, 3.05) is 0 Å². The van der Waals surface area contributed by atoms with Crippen LogP contribution in [0, 0.1) is 0 Å². The molecule has 0 bridgehead atoms. The number of Topliss-reactive ketones (excluding diaryl/α,β-unsaturated/α-hetero) is 1. The molecule has 0 unspecified atom stereocenters. The van der Waals surface area contributed by atoms with E-state index < -0.39 is 11.9 Å². The molecule has 0 heterocycles. The van der Waals surface area contributed by atoms with E-state index in [9.17, 15) is 24.6 Å². The number of benzene rings is 2. The summed E-state index contributed by atoms with van der Waals surface area (Å²) >= 11 is 0. The van der Waals surface area contributed by atoms with Gasteiger partial charge in [0, 0.05) is 11.1 Å². The normalized spacial score (nSPS) is 17.3. The molecule has 0 aliphatic heterocycles. The number of aromatic carboxylic acids is 2. The third-order valence-electron chi connectivity index (χ3n) is 4.45. The molecule has 5 nitrogen and oxygen atoms in total. The molecule has 1 aliphatic rings. The molecule has 27 heavy (non-hydrogen) atoms. The molecule has 2 aromatic carbocycles. The van der Waals surface area contributed by atoms with Crippen LogP contribution < -0.4 is 10.2 Å². The molecule has 0 amide bonds. The van der Waals surface area contributed by atoms with Crippen LogP contribution in [0.4, 0.5) is 0 Å². The summed E-state index contributed by atoms with van der Waals surface area (Å²) in [6.45, 7) is 0. The fourth-order valence-electron chi connectivity index (χ4n) is 3.01. The summed E-state index contributed by atoms with van der Waals surface area (Å²) < 4.78 is 0. The Morgan fingerprint density at radius 1 is 0.704 bits per heavy atom. The van der Waals surface area contributed by atoms with Crippen molar-refractivity contribution in [3.05, 3.63) is 81.9 Å². The van der Waals surface area contributed by atoms with E-state index in [0.29, 0.717) is 24.0 Å². The second kappa shape index (κ2) is 7.83. The molecule has 0 spiro atoms. The van der Waals surface area contributed by atoms with Gasteiger partial charge in [0.15, 0.2) is 5.78 Å². The fraction of sp³-hybridized carbons (Fsp3) is 0.136. The maximum atomic E-state index is 12.7. The first-order valence-corrected chi connectivity index (χ1v) is 8.53. The van der Waals surface area contributed by atoms with Gasteiger partial charge < -0.3 is 19.8 Å². The number of carbonyl (C=O) groups is 3. The molecule has 0 N–H and O–H groups in total. The van der Waals surface area contributed by atoms with Crippen LogP contribution in [0.2, 0.25) is 0 Å². The first-order chi connectivity index (χ1) is 12.9. The minimum absolute atomic E-state index is 0.0470. The number of carbonyl (C=O) groups excluding carboxylic acids is 3. The maximum absolute atomic E-state index is 12.7. The summed E-state index contributed by atoms with van der Waals surface area (Å²) in [6, 6.07) is 12.4. The van der Waals surface area contributed by atoms with Crippen molar-refractivity contribution in [3.8, 4) is 0 Å². The zero-order valence-corrected chi connectivity index (χ0v) is 14.4. The highest BCUT2D eigenvalue weighted by molar-refractivity contribution is 6.14. The molecule has 0 atom stereocenters. The van der Waals surface area contributed by atoms with Crippen molar-refractivity contribution in [3.63, 3.8) is 0 Å². The van der Waals surface area contributed by atoms with E-state index in [1.165, 1.54) is 24.3 Å². The predicted molar refractivity (Wildman–Crippen MR) is 96.4 cm³/mol. The highest BCUT2D eigenvalue weighted by Gasteiger charge is 2.20. The third-order valence-corrected chi connectivity index (χ3v) is 4.45. The number of hydrogen-bond donors (Lipinski definition) is 0. The molecule has 0 aromatic heterocycles. The van der Waals surface area contributed by atoms with Gasteiger partial charge in [0.25, 0.3) is 0 Å². The quantitative estimate of drug-likeness (QED) is 0.772. The molecule has 5 heteroatoms. The number of hydrogen-bond acceptors (Lipinski definition) is 5. The Morgan fingerprint density at radius 2 is 1.07 bits per heavy atom. The molecular weight excluding hydrogens is 344 g/mol. The molecule has 3 rings (SSSR count). The SMILES string of the molecule is O=C1/C(=C/c2ccc(C(=O)[O-])cc2)CCC/C1=C\c1ccc(C(=O)[O-])cc1. The molecule has 1 aliphatic carbocycles. The molecule has 136 valence electrons. The zero-order valence-electron chi connectivity index (χ0n) is 14.4. The van der Waals surface area contributed by atoms with Gasteiger partial charge in [-0.2, -0.15) is 0 Å². The first-order valence-electron chi connectivity index (χ1n) is 8.53. The number of rotatable bonds is 4. The minimum Gasteiger partial charge on any atom is -0.545 e.